The summed E-state index contributed by atoms with van der Waals surface area (Å²) in [6, 6.07) is 13.3. The Balaban J connectivity index is 1.92. The lowest BCUT2D eigenvalue weighted by atomic mass is 9.94. The van der Waals surface area contributed by atoms with E-state index in [-0.39, 0.29) is 16.7 Å². The van der Waals surface area contributed by atoms with Gasteiger partial charge < -0.3 is 9.47 Å². The highest BCUT2D eigenvalue weighted by atomic mass is 35.5. The van der Waals surface area contributed by atoms with Crippen molar-refractivity contribution in [2.24, 2.45) is 5.14 Å². The molecule has 4 rings (SSSR count). The van der Waals surface area contributed by atoms with E-state index in [0.717, 1.165) is 22.3 Å². The Morgan fingerprint density at radius 2 is 1.29 bits per heavy atom. The zero-order chi connectivity index (χ0) is 20.1. The van der Waals surface area contributed by atoms with Crippen LogP contribution < -0.4 is 14.6 Å². The second-order valence-corrected chi connectivity index (χ2v) is 8.83. The number of halogens is 3. The number of ether oxygens (including phenoxy) is 2. The first kappa shape index (κ1) is 19.4. The highest BCUT2D eigenvalue weighted by molar-refractivity contribution is 7.89. The average molecular weight is 457 g/mol. The third-order valence-electron chi connectivity index (χ3n) is 4.30. The monoisotopic (exact) mass is 455 g/mol. The summed E-state index contributed by atoms with van der Waals surface area (Å²) in [5, 5.41) is 6.09. The first-order valence-electron chi connectivity index (χ1n) is 7.96. The third kappa shape index (κ3) is 3.54. The van der Waals surface area contributed by atoms with Gasteiger partial charge in [0.25, 0.3) is 0 Å². The number of sulfonamides is 1. The van der Waals surface area contributed by atoms with Crippen LogP contribution in [0.3, 0.4) is 0 Å². The van der Waals surface area contributed by atoms with E-state index in [0.29, 0.717) is 21.5 Å². The van der Waals surface area contributed by atoms with Gasteiger partial charge in [-0.1, -0.05) is 46.9 Å². The van der Waals surface area contributed by atoms with Crippen molar-refractivity contribution in [3.05, 3.63) is 63.6 Å². The number of nitrogens with two attached hydrogens (primary N) is 1. The zero-order valence-corrected chi connectivity index (χ0v) is 17.2. The lowest BCUT2D eigenvalue weighted by molar-refractivity contribution is 0.174. The fraction of sp³-hybridized carbons (Fsp3) is 0.0526. The highest BCUT2D eigenvalue weighted by Crippen LogP contribution is 2.45. The molecule has 28 heavy (non-hydrogen) atoms. The Bertz CT molecular complexity index is 1170. The van der Waals surface area contributed by atoms with Gasteiger partial charge in [-0.15, -0.1) is 0 Å². The van der Waals surface area contributed by atoms with Crippen molar-refractivity contribution >= 4 is 44.8 Å². The van der Waals surface area contributed by atoms with Crippen LogP contribution in [0.2, 0.25) is 15.1 Å². The molecule has 3 aromatic carbocycles. The largest absolute Gasteiger partial charge is 0.454 e. The van der Waals surface area contributed by atoms with Crippen LogP contribution in [-0.2, 0) is 10.0 Å². The number of hydrogen-bond acceptors (Lipinski definition) is 4. The van der Waals surface area contributed by atoms with Crippen LogP contribution in [0, 0.1) is 0 Å². The van der Waals surface area contributed by atoms with Crippen LogP contribution in [0.5, 0.6) is 11.5 Å². The number of fused-ring (bicyclic) bond motifs is 1. The minimum Gasteiger partial charge on any atom is -0.454 e. The fourth-order valence-electron chi connectivity index (χ4n) is 2.95. The first-order valence-corrected chi connectivity index (χ1v) is 10.6. The van der Waals surface area contributed by atoms with Gasteiger partial charge in [0.2, 0.25) is 16.8 Å². The standard InChI is InChI=1S/C19H12Cl3NO4S/c20-15-5-11(6-16(21)19(15)22)14-8-18-17(26-9-27-18)7-13(14)10-1-3-12(4-2-10)28(23,24)25/h1-8H,9H2,(H2,23,24,25). The molecule has 0 saturated heterocycles. The molecule has 0 saturated carbocycles. The Morgan fingerprint density at radius 1 is 0.786 bits per heavy atom. The van der Waals surface area contributed by atoms with Crippen LogP contribution in [-0.4, -0.2) is 15.2 Å². The lowest BCUT2D eigenvalue weighted by Gasteiger charge is -2.14. The van der Waals surface area contributed by atoms with Crippen molar-refractivity contribution in [2.45, 2.75) is 4.90 Å². The maximum Gasteiger partial charge on any atom is 0.238 e. The molecule has 0 atom stereocenters. The maximum absolute atomic E-state index is 11.5. The molecule has 0 spiro atoms. The van der Waals surface area contributed by atoms with Gasteiger partial charge in [0, 0.05) is 0 Å². The molecule has 0 radical (unpaired) electrons. The van der Waals surface area contributed by atoms with Crippen molar-refractivity contribution in [3.63, 3.8) is 0 Å². The zero-order valence-electron chi connectivity index (χ0n) is 14.1. The first-order chi connectivity index (χ1) is 13.2. The number of primary sulfonamides is 1. The summed E-state index contributed by atoms with van der Waals surface area (Å²) in [5.74, 6) is 1.17. The summed E-state index contributed by atoms with van der Waals surface area (Å²) >= 11 is 18.5. The Labute approximate surface area is 176 Å². The Morgan fingerprint density at radius 3 is 1.79 bits per heavy atom. The minimum atomic E-state index is -3.78. The summed E-state index contributed by atoms with van der Waals surface area (Å²) in [6.07, 6.45) is 0. The molecule has 144 valence electrons. The summed E-state index contributed by atoms with van der Waals surface area (Å²) < 4.78 is 34.0. The van der Waals surface area contributed by atoms with E-state index in [1.54, 1.807) is 24.3 Å². The van der Waals surface area contributed by atoms with E-state index in [1.165, 1.54) is 12.1 Å². The SMILES string of the molecule is NS(=O)(=O)c1ccc(-c2cc3c(cc2-c2cc(Cl)c(Cl)c(Cl)c2)OCO3)cc1. The van der Waals surface area contributed by atoms with E-state index in [1.807, 2.05) is 12.1 Å². The van der Waals surface area contributed by atoms with Crippen LogP contribution in [0.1, 0.15) is 0 Å². The van der Waals surface area contributed by atoms with Crippen molar-refractivity contribution in [1.82, 2.24) is 0 Å². The Kier molecular flexibility index (Phi) is 4.93. The normalized spacial score (nSPS) is 13.0. The van der Waals surface area contributed by atoms with Crippen LogP contribution in [0.4, 0.5) is 0 Å². The van der Waals surface area contributed by atoms with Gasteiger partial charge in [-0.25, -0.2) is 13.6 Å². The van der Waals surface area contributed by atoms with Crippen molar-refractivity contribution in [1.29, 1.82) is 0 Å². The molecule has 1 aliphatic heterocycles. The molecule has 0 fully saturated rings. The van der Waals surface area contributed by atoms with Crippen molar-refractivity contribution in [2.75, 3.05) is 6.79 Å². The van der Waals surface area contributed by atoms with Gasteiger partial charge in [-0.05, 0) is 58.7 Å². The molecular formula is C19H12Cl3NO4S. The van der Waals surface area contributed by atoms with Gasteiger partial charge in [-0.2, -0.15) is 0 Å². The third-order valence-corrected chi connectivity index (χ3v) is 6.43. The molecule has 0 aromatic heterocycles. The molecule has 0 unspecified atom stereocenters. The summed E-state index contributed by atoms with van der Waals surface area (Å²) in [4.78, 5) is 0.0242. The summed E-state index contributed by atoms with van der Waals surface area (Å²) in [6.45, 7) is 0.116. The molecule has 1 aliphatic rings. The van der Waals surface area contributed by atoms with E-state index in [9.17, 15) is 8.42 Å². The van der Waals surface area contributed by atoms with Crippen LogP contribution >= 0.6 is 34.8 Å². The number of hydrogen-bond donors (Lipinski definition) is 1. The molecule has 3 aromatic rings. The Hall–Kier alpha value is -1.96. The van der Waals surface area contributed by atoms with Gasteiger partial charge in [-0.3, -0.25) is 0 Å². The van der Waals surface area contributed by atoms with E-state index in [2.05, 4.69) is 0 Å². The van der Waals surface area contributed by atoms with Gasteiger partial charge in [0.05, 0.1) is 20.0 Å². The minimum absolute atomic E-state index is 0.0242. The van der Waals surface area contributed by atoms with Gasteiger partial charge >= 0.3 is 0 Å². The average Bonchev–Trinajstić information content (AvgIpc) is 3.11. The molecule has 0 amide bonds. The molecular weight excluding hydrogens is 445 g/mol. The number of rotatable bonds is 3. The predicted molar refractivity (Wildman–Crippen MR) is 110 cm³/mol. The topological polar surface area (TPSA) is 78.6 Å². The summed E-state index contributed by atoms with van der Waals surface area (Å²) in [7, 11) is -3.78. The van der Waals surface area contributed by atoms with E-state index >= 15 is 0 Å². The van der Waals surface area contributed by atoms with E-state index < -0.39 is 10.0 Å². The molecule has 9 heteroatoms. The quantitative estimate of drug-likeness (QED) is 0.538. The molecule has 0 bridgehead atoms. The molecule has 5 nitrogen and oxygen atoms in total. The van der Waals surface area contributed by atoms with E-state index in [4.69, 9.17) is 49.4 Å². The van der Waals surface area contributed by atoms with Gasteiger partial charge in [0.1, 0.15) is 0 Å². The second kappa shape index (κ2) is 7.13. The van der Waals surface area contributed by atoms with Crippen molar-refractivity contribution < 1.29 is 17.9 Å². The molecule has 2 N–H and O–H groups in total. The summed E-state index contributed by atoms with van der Waals surface area (Å²) in [5.41, 5.74) is 3.03. The predicted octanol–water partition coefficient (Wildman–Crippen LogP) is 5.36. The number of benzene rings is 3. The maximum atomic E-state index is 11.5. The second-order valence-electron chi connectivity index (χ2n) is 6.07. The van der Waals surface area contributed by atoms with Gasteiger partial charge in [0.15, 0.2) is 11.5 Å². The lowest BCUT2D eigenvalue weighted by Crippen LogP contribution is -2.11. The fourth-order valence-corrected chi connectivity index (χ4v) is 4.07. The molecule has 1 heterocycles. The smallest absolute Gasteiger partial charge is 0.238 e. The van der Waals surface area contributed by atoms with Crippen LogP contribution in [0.15, 0.2) is 53.4 Å². The highest BCUT2D eigenvalue weighted by Gasteiger charge is 2.20. The van der Waals surface area contributed by atoms with Crippen molar-refractivity contribution in [3.8, 4) is 33.8 Å². The molecule has 0 aliphatic carbocycles. The van der Waals surface area contributed by atoms with Crippen LogP contribution in [0.25, 0.3) is 22.3 Å².